The predicted molar refractivity (Wildman–Crippen MR) is 96.4 cm³/mol. The fourth-order valence-corrected chi connectivity index (χ4v) is 2.84. The molecule has 0 radical (unpaired) electrons. The molecule has 0 spiro atoms. The third kappa shape index (κ3) is 5.86. The number of aromatic nitrogens is 4. The van der Waals surface area contributed by atoms with Crippen LogP contribution in [0.25, 0.3) is 0 Å². The molecule has 2 rings (SSSR count). The number of thioether (sulfide) groups is 1. The fourth-order valence-electron chi connectivity index (χ4n) is 2.19. The summed E-state index contributed by atoms with van der Waals surface area (Å²) >= 11 is 1.25. The Morgan fingerprint density at radius 2 is 2.00 bits per heavy atom. The highest BCUT2D eigenvalue weighted by Gasteiger charge is 2.11. The van der Waals surface area contributed by atoms with Crippen molar-refractivity contribution in [1.29, 1.82) is 0 Å². The van der Waals surface area contributed by atoms with Crippen molar-refractivity contribution in [3.8, 4) is 0 Å². The Hall–Kier alpha value is -2.42. The van der Waals surface area contributed by atoms with Gasteiger partial charge in [0.15, 0.2) is 0 Å². The molecule has 9 heteroatoms. The van der Waals surface area contributed by atoms with Crippen LogP contribution >= 0.6 is 11.8 Å². The minimum atomic E-state index is -0.165. The molecule has 1 atom stereocenters. The largest absolute Gasteiger partial charge is 0.350 e. The third-order valence-electron chi connectivity index (χ3n) is 3.44. The molecule has 0 aliphatic rings. The quantitative estimate of drug-likeness (QED) is 0.695. The van der Waals surface area contributed by atoms with E-state index in [1.165, 1.54) is 16.4 Å². The van der Waals surface area contributed by atoms with Gasteiger partial charge in [0.2, 0.25) is 11.1 Å². The number of hydrogen-bond acceptors (Lipinski definition) is 6. The van der Waals surface area contributed by atoms with E-state index in [9.17, 15) is 9.59 Å². The molecule has 2 aromatic rings. The number of hydrogen-bond donors (Lipinski definition) is 2. The Morgan fingerprint density at radius 1 is 1.28 bits per heavy atom. The Morgan fingerprint density at radius 3 is 2.60 bits per heavy atom. The first-order valence-corrected chi connectivity index (χ1v) is 9.04. The van der Waals surface area contributed by atoms with Crippen LogP contribution < -0.4 is 10.6 Å². The number of carbonyl (C=O) groups excluding carboxylic acids is 2. The van der Waals surface area contributed by atoms with Gasteiger partial charge >= 0.3 is 0 Å². The van der Waals surface area contributed by atoms with Crippen molar-refractivity contribution in [3.05, 3.63) is 29.8 Å². The highest BCUT2D eigenvalue weighted by atomic mass is 32.2. The van der Waals surface area contributed by atoms with Gasteiger partial charge in [0.05, 0.1) is 5.75 Å². The summed E-state index contributed by atoms with van der Waals surface area (Å²) in [6.07, 6.45) is 1.97. The first-order chi connectivity index (χ1) is 12.0. The number of benzene rings is 1. The summed E-state index contributed by atoms with van der Waals surface area (Å²) in [5, 5.41) is 17.3. The van der Waals surface area contributed by atoms with Gasteiger partial charge in [-0.05, 0) is 48.0 Å². The Kier molecular flexibility index (Phi) is 6.93. The average molecular weight is 362 g/mol. The topological polar surface area (TPSA) is 102 Å². The van der Waals surface area contributed by atoms with Crippen LogP contribution in [0.1, 0.15) is 37.0 Å². The van der Waals surface area contributed by atoms with Crippen molar-refractivity contribution in [1.82, 2.24) is 25.5 Å². The molecule has 2 N–H and O–H groups in total. The molecular formula is C16H22N6O2S. The molecule has 0 aliphatic carbocycles. The molecule has 8 nitrogen and oxygen atoms in total. The maximum Gasteiger partial charge on any atom is 0.251 e. The zero-order valence-corrected chi connectivity index (χ0v) is 15.3. The molecule has 1 heterocycles. The second kappa shape index (κ2) is 9.16. The number of anilines is 1. The average Bonchev–Trinajstić information content (AvgIpc) is 2.99. The van der Waals surface area contributed by atoms with Gasteiger partial charge in [-0.2, -0.15) is 0 Å². The van der Waals surface area contributed by atoms with Gasteiger partial charge in [-0.1, -0.05) is 25.1 Å². The maximum atomic E-state index is 12.1. The van der Waals surface area contributed by atoms with E-state index in [2.05, 4.69) is 33.1 Å². The lowest BCUT2D eigenvalue weighted by Crippen LogP contribution is -2.32. The number of amides is 2. The molecule has 0 fully saturated rings. The monoisotopic (exact) mass is 362 g/mol. The van der Waals surface area contributed by atoms with Crippen LogP contribution in [0.3, 0.4) is 0 Å². The summed E-state index contributed by atoms with van der Waals surface area (Å²) in [6.45, 7) is 4.07. The number of tetrazole rings is 1. The van der Waals surface area contributed by atoms with E-state index in [-0.39, 0.29) is 23.6 Å². The van der Waals surface area contributed by atoms with Crippen LogP contribution in [0.15, 0.2) is 29.4 Å². The van der Waals surface area contributed by atoms with Crippen LogP contribution in [0, 0.1) is 0 Å². The lowest BCUT2D eigenvalue weighted by molar-refractivity contribution is -0.113. The summed E-state index contributed by atoms with van der Waals surface area (Å²) in [5.41, 5.74) is 1.21. The van der Waals surface area contributed by atoms with Crippen LogP contribution in [0.4, 0.5) is 5.69 Å². The van der Waals surface area contributed by atoms with Crippen molar-refractivity contribution in [2.75, 3.05) is 11.1 Å². The zero-order valence-electron chi connectivity index (χ0n) is 14.5. The van der Waals surface area contributed by atoms with Crippen molar-refractivity contribution in [3.63, 3.8) is 0 Å². The van der Waals surface area contributed by atoms with Gasteiger partial charge in [-0.15, -0.1) is 5.10 Å². The zero-order chi connectivity index (χ0) is 18.2. The fraction of sp³-hybridized carbons (Fsp3) is 0.438. The van der Waals surface area contributed by atoms with E-state index in [0.717, 1.165) is 12.8 Å². The number of aryl methyl sites for hydroxylation is 1. The second-order valence-electron chi connectivity index (χ2n) is 5.66. The van der Waals surface area contributed by atoms with E-state index in [4.69, 9.17) is 0 Å². The third-order valence-corrected chi connectivity index (χ3v) is 4.45. The van der Waals surface area contributed by atoms with E-state index >= 15 is 0 Å². The normalized spacial score (nSPS) is 11.8. The lowest BCUT2D eigenvalue weighted by atomic mass is 10.1. The molecule has 0 saturated heterocycles. The standard InChI is InChI=1S/C16H22N6O2S/c1-4-5-11(2)17-15(24)12-6-8-13(9-7-12)18-14(23)10-25-16-19-20-21-22(16)3/h6-9,11H,4-5,10H2,1-3H3,(H,17,24)(H,18,23). The molecule has 1 aromatic carbocycles. The van der Waals surface area contributed by atoms with E-state index in [0.29, 0.717) is 16.4 Å². The van der Waals surface area contributed by atoms with Gasteiger partial charge in [0.25, 0.3) is 5.91 Å². The van der Waals surface area contributed by atoms with Crippen molar-refractivity contribution < 1.29 is 9.59 Å². The molecule has 0 saturated carbocycles. The van der Waals surface area contributed by atoms with Gasteiger partial charge < -0.3 is 10.6 Å². The van der Waals surface area contributed by atoms with Crippen LogP contribution in [0.5, 0.6) is 0 Å². The van der Waals surface area contributed by atoms with Gasteiger partial charge in [-0.3, -0.25) is 9.59 Å². The second-order valence-corrected chi connectivity index (χ2v) is 6.60. The van der Waals surface area contributed by atoms with Crippen LogP contribution in [-0.4, -0.2) is 43.8 Å². The first kappa shape index (κ1) is 18.9. The first-order valence-electron chi connectivity index (χ1n) is 8.05. The summed E-state index contributed by atoms with van der Waals surface area (Å²) in [5.74, 6) is -0.0729. The summed E-state index contributed by atoms with van der Waals surface area (Å²) in [4.78, 5) is 24.1. The molecule has 134 valence electrons. The van der Waals surface area contributed by atoms with Crippen molar-refractivity contribution in [2.45, 2.75) is 37.9 Å². The number of nitrogens with one attached hydrogen (secondary N) is 2. The van der Waals surface area contributed by atoms with Gasteiger partial charge in [0, 0.05) is 24.3 Å². The highest BCUT2D eigenvalue weighted by Crippen LogP contribution is 2.14. The van der Waals surface area contributed by atoms with Crippen LogP contribution in [-0.2, 0) is 11.8 Å². The molecule has 0 bridgehead atoms. The number of rotatable bonds is 8. The van der Waals surface area contributed by atoms with E-state index in [1.807, 2.05) is 6.92 Å². The number of carbonyl (C=O) groups is 2. The van der Waals surface area contributed by atoms with E-state index in [1.54, 1.807) is 31.3 Å². The molecular weight excluding hydrogens is 340 g/mol. The molecule has 25 heavy (non-hydrogen) atoms. The summed E-state index contributed by atoms with van der Waals surface area (Å²) < 4.78 is 1.50. The molecule has 2 amide bonds. The summed E-state index contributed by atoms with van der Waals surface area (Å²) in [7, 11) is 1.71. The SMILES string of the molecule is CCCC(C)NC(=O)c1ccc(NC(=O)CSc2nnnn2C)cc1. The Labute approximate surface area is 150 Å². The van der Waals surface area contributed by atoms with E-state index < -0.39 is 0 Å². The highest BCUT2D eigenvalue weighted by molar-refractivity contribution is 7.99. The molecule has 0 aliphatic heterocycles. The molecule has 1 aromatic heterocycles. The van der Waals surface area contributed by atoms with Crippen molar-refractivity contribution in [2.24, 2.45) is 7.05 Å². The van der Waals surface area contributed by atoms with Crippen LogP contribution in [0.2, 0.25) is 0 Å². The van der Waals surface area contributed by atoms with Gasteiger partial charge in [-0.25, -0.2) is 4.68 Å². The predicted octanol–water partition coefficient (Wildman–Crippen LogP) is 1.86. The van der Waals surface area contributed by atoms with Gasteiger partial charge in [0.1, 0.15) is 0 Å². The molecule has 1 unspecified atom stereocenters. The van der Waals surface area contributed by atoms with Crippen molar-refractivity contribution >= 4 is 29.3 Å². The Balaban J connectivity index is 1.84. The smallest absolute Gasteiger partial charge is 0.251 e. The lowest BCUT2D eigenvalue weighted by Gasteiger charge is -2.13. The maximum absolute atomic E-state index is 12.1. The minimum absolute atomic E-state index is 0.107. The minimum Gasteiger partial charge on any atom is -0.350 e. The Bertz CT molecular complexity index is 716. The summed E-state index contributed by atoms with van der Waals surface area (Å²) in [6, 6.07) is 6.97. The number of nitrogens with zero attached hydrogens (tertiary/aromatic N) is 4.